The van der Waals surface area contributed by atoms with Gasteiger partial charge in [0.2, 0.25) is 0 Å². The van der Waals surface area contributed by atoms with E-state index in [2.05, 4.69) is 295 Å². The van der Waals surface area contributed by atoms with Crippen LogP contribution < -0.4 is 14.7 Å². The van der Waals surface area contributed by atoms with Crippen LogP contribution in [0, 0.1) is 0 Å². The molecule has 364 valence electrons. The molecule has 0 aromatic heterocycles. The number of benzene rings is 10. The van der Waals surface area contributed by atoms with Crippen molar-refractivity contribution in [3.63, 3.8) is 0 Å². The number of para-hydroxylation sites is 3. The lowest BCUT2D eigenvalue weighted by atomic mass is 9.66. The normalized spacial score (nSPS) is 15.9. The van der Waals surface area contributed by atoms with Crippen LogP contribution in [0.25, 0.3) is 33.4 Å². The van der Waals surface area contributed by atoms with Gasteiger partial charge in [0, 0.05) is 55.8 Å². The van der Waals surface area contributed by atoms with Crippen LogP contribution in [0.4, 0.5) is 51.2 Å². The fourth-order valence-electron chi connectivity index (χ4n) is 13.7. The average Bonchev–Trinajstić information content (AvgIpc) is 3.97. The lowest BCUT2D eigenvalue weighted by molar-refractivity contribution is 0.597. The Kier molecular flexibility index (Phi) is 9.68. The third-order valence-electron chi connectivity index (χ3n) is 17.8. The molecule has 0 N–H and O–H groups in total. The van der Waals surface area contributed by atoms with Crippen molar-refractivity contribution >= 4 is 51.2 Å². The predicted octanol–water partition coefficient (Wildman–Crippen LogP) is 19.7. The van der Waals surface area contributed by atoms with Crippen LogP contribution in [-0.2, 0) is 21.7 Å². The van der Waals surface area contributed by atoms with Crippen molar-refractivity contribution in [1.82, 2.24) is 0 Å². The van der Waals surface area contributed by atoms with E-state index in [4.69, 9.17) is 0 Å². The summed E-state index contributed by atoms with van der Waals surface area (Å²) in [7, 11) is 0. The van der Waals surface area contributed by atoms with Crippen LogP contribution in [0.2, 0.25) is 0 Å². The van der Waals surface area contributed by atoms with Crippen LogP contribution in [0.5, 0.6) is 0 Å². The van der Waals surface area contributed by atoms with E-state index in [1.807, 2.05) is 0 Å². The second kappa shape index (κ2) is 16.1. The van der Waals surface area contributed by atoms with Gasteiger partial charge in [-0.1, -0.05) is 189 Å². The summed E-state index contributed by atoms with van der Waals surface area (Å²) in [5.41, 5.74) is 28.3. The molecule has 14 rings (SSSR count). The van der Waals surface area contributed by atoms with Crippen LogP contribution >= 0.6 is 0 Å². The number of rotatable bonds is 7. The molecule has 0 radical (unpaired) electrons. The molecule has 3 heteroatoms. The van der Waals surface area contributed by atoms with Crippen LogP contribution in [0.3, 0.4) is 0 Å². The summed E-state index contributed by atoms with van der Waals surface area (Å²) in [5, 5.41) is 0. The summed E-state index contributed by atoms with van der Waals surface area (Å²) < 4.78 is 0. The number of nitrogens with zero attached hydrogens (tertiary/aromatic N) is 3. The fourth-order valence-corrected chi connectivity index (χ4v) is 13.7. The van der Waals surface area contributed by atoms with E-state index in [0.29, 0.717) is 0 Å². The standard InChI is InChI=1S/C72H61N3/c1-69(2)58-27-17-15-25-54(58)56-38-36-51(42-61(56)69)74(52-37-39-57-55-26-16-18-28-59(55)70(3,4)62(57)43-52)50-34-31-46(32-35-50)47-33-40-67-63(41-47)72(7,8)65-45-53(73(48-21-11-9-12-22-48)49-23-13-10-14-24-49)44-64-68(65)75(67)66-30-20-19-29-60(66)71(64,5)6/h9-45H,1-8H3. The van der Waals surface area contributed by atoms with Crippen molar-refractivity contribution in [1.29, 1.82) is 0 Å². The van der Waals surface area contributed by atoms with Crippen LogP contribution in [0.15, 0.2) is 224 Å². The maximum Gasteiger partial charge on any atom is 0.0545 e. The Labute approximate surface area is 443 Å². The quantitative estimate of drug-likeness (QED) is 0.158. The van der Waals surface area contributed by atoms with Gasteiger partial charge in [0.05, 0.1) is 17.1 Å². The van der Waals surface area contributed by atoms with Crippen molar-refractivity contribution in [2.45, 2.75) is 77.0 Å². The number of hydrogen-bond donors (Lipinski definition) is 0. The minimum atomic E-state index is -0.345. The summed E-state index contributed by atoms with van der Waals surface area (Å²) >= 11 is 0. The second-order valence-corrected chi connectivity index (χ2v) is 23.4. The van der Waals surface area contributed by atoms with Gasteiger partial charge in [-0.05, 0) is 169 Å². The highest BCUT2D eigenvalue weighted by molar-refractivity contribution is 5.96. The first-order chi connectivity index (χ1) is 36.2. The summed E-state index contributed by atoms with van der Waals surface area (Å²) in [4.78, 5) is 7.48. The van der Waals surface area contributed by atoms with Gasteiger partial charge in [0.1, 0.15) is 0 Å². The third-order valence-corrected chi connectivity index (χ3v) is 17.8. The average molecular weight is 968 g/mol. The van der Waals surface area contributed by atoms with Crippen LogP contribution in [0.1, 0.15) is 99.9 Å². The van der Waals surface area contributed by atoms with Gasteiger partial charge in [-0.25, -0.2) is 0 Å². The Morgan fingerprint density at radius 3 is 1.17 bits per heavy atom. The first kappa shape index (κ1) is 45.2. The number of fused-ring (bicyclic) bond motifs is 10. The Morgan fingerprint density at radius 2 is 0.627 bits per heavy atom. The zero-order valence-electron chi connectivity index (χ0n) is 44.2. The molecular weight excluding hydrogens is 907 g/mol. The fraction of sp³-hybridized carbons (Fsp3) is 0.167. The van der Waals surface area contributed by atoms with E-state index in [9.17, 15) is 0 Å². The van der Waals surface area contributed by atoms with Gasteiger partial charge in [-0.3, -0.25) is 0 Å². The Bertz CT molecular complexity index is 3810. The van der Waals surface area contributed by atoms with E-state index in [1.54, 1.807) is 0 Å². The SMILES string of the molecule is CC1(C)c2ccccc2-c2ccc(N(c3ccc(-c4ccc5c(c4)C(C)(C)c4cc(N(c6ccccc6)c6ccccc6)cc6c4N5c4ccccc4C6(C)C)cc3)c3ccc4c(c3)C(C)(C)c3ccccc3-4)cc21. The smallest absolute Gasteiger partial charge is 0.0545 e. The molecule has 10 aromatic carbocycles. The second-order valence-electron chi connectivity index (χ2n) is 23.4. The zero-order valence-corrected chi connectivity index (χ0v) is 44.2. The molecule has 2 aliphatic heterocycles. The first-order valence-electron chi connectivity index (χ1n) is 26.8. The summed E-state index contributed by atoms with van der Waals surface area (Å²) in [6.07, 6.45) is 0. The molecule has 0 atom stereocenters. The Morgan fingerprint density at radius 1 is 0.253 bits per heavy atom. The summed E-state index contributed by atoms with van der Waals surface area (Å²) in [6.45, 7) is 19.2. The van der Waals surface area contributed by atoms with Crippen molar-refractivity contribution in [2.24, 2.45) is 0 Å². The number of anilines is 9. The predicted molar refractivity (Wildman–Crippen MR) is 315 cm³/mol. The van der Waals surface area contributed by atoms with Crippen molar-refractivity contribution < 1.29 is 0 Å². The maximum atomic E-state index is 2.57. The third kappa shape index (κ3) is 6.53. The van der Waals surface area contributed by atoms with Crippen LogP contribution in [-0.4, -0.2) is 0 Å². The molecule has 0 unspecified atom stereocenters. The molecule has 0 saturated heterocycles. The molecule has 2 aliphatic carbocycles. The molecule has 2 heterocycles. The zero-order chi connectivity index (χ0) is 51.2. The van der Waals surface area contributed by atoms with E-state index in [0.717, 1.165) is 34.1 Å². The topological polar surface area (TPSA) is 9.72 Å². The molecule has 3 nitrogen and oxygen atoms in total. The lowest BCUT2D eigenvalue weighted by Gasteiger charge is -2.50. The minimum absolute atomic E-state index is 0.126. The van der Waals surface area contributed by atoms with Gasteiger partial charge in [0.25, 0.3) is 0 Å². The molecule has 4 aliphatic rings. The highest BCUT2D eigenvalue weighted by Crippen LogP contribution is 2.62. The maximum absolute atomic E-state index is 2.57. The van der Waals surface area contributed by atoms with Gasteiger partial charge >= 0.3 is 0 Å². The molecule has 0 amide bonds. The Balaban J connectivity index is 0.902. The molecule has 0 bridgehead atoms. The highest BCUT2D eigenvalue weighted by Gasteiger charge is 2.46. The van der Waals surface area contributed by atoms with Gasteiger partial charge in [-0.2, -0.15) is 0 Å². The van der Waals surface area contributed by atoms with Crippen molar-refractivity contribution in [2.75, 3.05) is 14.7 Å². The van der Waals surface area contributed by atoms with E-state index in [1.165, 1.54) is 95.0 Å². The van der Waals surface area contributed by atoms with E-state index >= 15 is 0 Å². The van der Waals surface area contributed by atoms with Gasteiger partial charge in [0.15, 0.2) is 0 Å². The summed E-state index contributed by atoms with van der Waals surface area (Å²) in [5.74, 6) is 0. The van der Waals surface area contributed by atoms with E-state index < -0.39 is 0 Å². The van der Waals surface area contributed by atoms with Gasteiger partial charge in [-0.15, -0.1) is 0 Å². The van der Waals surface area contributed by atoms with Crippen molar-refractivity contribution in [3.05, 3.63) is 269 Å². The molecule has 0 saturated carbocycles. The number of hydrogen-bond acceptors (Lipinski definition) is 3. The highest BCUT2D eigenvalue weighted by atomic mass is 15.2. The lowest BCUT2D eigenvalue weighted by Crippen LogP contribution is -2.38. The first-order valence-corrected chi connectivity index (χ1v) is 26.8. The monoisotopic (exact) mass is 967 g/mol. The molecule has 0 spiro atoms. The molecule has 0 fully saturated rings. The van der Waals surface area contributed by atoms with E-state index in [-0.39, 0.29) is 21.7 Å². The van der Waals surface area contributed by atoms with Gasteiger partial charge < -0.3 is 14.7 Å². The minimum Gasteiger partial charge on any atom is -0.310 e. The molecule has 10 aromatic rings. The molecular formula is C72H61N3. The van der Waals surface area contributed by atoms with Crippen molar-refractivity contribution in [3.8, 4) is 33.4 Å². The Hall–Kier alpha value is -8.40. The molecule has 75 heavy (non-hydrogen) atoms. The largest absolute Gasteiger partial charge is 0.310 e. The summed E-state index contributed by atoms with van der Waals surface area (Å²) in [6, 6.07) is 84.3.